The van der Waals surface area contributed by atoms with Gasteiger partial charge >= 0.3 is 0 Å². The van der Waals surface area contributed by atoms with E-state index in [4.69, 9.17) is 0 Å². The smallest absolute Gasteiger partial charge is 0.275 e. The van der Waals surface area contributed by atoms with Crippen LogP contribution in [0.25, 0.3) is 26.1 Å². The number of aromatic nitrogens is 3. The zero-order chi connectivity index (χ0) is 16.8. The van der Waals surface area contributed by atoms with Crippen LogP contribution >= 0.6 is 11.3 Å². The van der Waals surface area contributed by atoms with E-state index in [1.165, 1.54) is 28.3 Å². The SMILES string of the molecule is CN(C)c1ccnc2sc3c(=O)n(-c4cccc(O)c4)cnc3c12. The Balaban J connectivity index is 2.06. The number of rotatable bonds is 2. The lowest BCUT2D eigenvalue weighted by molar-refractivity contribution is 0.475. The van der Waals surface area contributed by atoms with Crippen molar-refractivity contribution in [3.05, 3.63) is 53.2 Å². The van der Waals surface area contributed by atoms with Crippen molar-refractivity contribution in [1.82, 2.24) is 14.5 Å². The lowest BCUT2D eigenvalue weighted by atomic mass is 10.2. The third kappa shape index (κ3) is 2.13. The van der Waals surface area contributed by atoms with Crippen molar-refractivity contribution >= 4 is 37.5 Å². The van der Waals surface area contributed by atoms with Crippen molar-refractivity contribution in [3.63, 3.8) is 0 Å². The molecule has 0 amide bonds. The summed E-state index contributed by atoms with van der Waals surface area (Å²) in [7, 11) is 3.90. The summed E-state index contributed by atoms with van der Waals surface area (Å²) in [6, 6.07) is 8.46. The highest BCUT2D eigenvalue weighted by Gasteiger charge is 2.16. The molecule has 0 unspecified atom stereocenters. The van der Waals surface area contributed by atoms with Gasteiger partial charge in [0, 0.05) is 26.4 Å². The Hall–Kier alpha value is -2.93. The number of pyridine rings is 1. The number of benzene rings is 1. The summed E-state index contributed by atoms with van der Waals surface area (Å²) in [5, 5.41) is 10.5. The van der Waals surface area contributed by atoms with Gasteiger partial charge in [0.25, 0.3) is 5.56 Å². The molecule has 0 aliphatic rings. The van der Waals surface area contributed by atoms with Crippen molar-refractivity contribution in [3.8, 4) is 11.4 Å². The maximum atomic E-state index is 12.9. The fraction of sp³-hybridized carbons (Fsp3) is 0.118. The molecule has 7 heteroatoms. The van der Waals surface area contributed by atoms with Crippen LogP contribution in [0.5, 0.6) is 5.75 Å². The lowest BCUT2D eigenvalue weighted by Crippen LogP contribution is -2.17. The second-order valence-corrected chi connectivity index (χ2v) is 6.62. The van der Waals surface area contributed by atoms with Gasteiger partial charge in [0.2, 0.25) is 0 Å². The van der Waals surface area contributed by atoms with E-state index >= 15 is 0 Å². The van der Waals surface area contributed by atoms with Gasteiger partial charge in [-0.1, -0.05) is 6.07 Å². The summed E-state index contributed by atoms with van der Waals surface area (Å²) in [5.74, 6) is 0.104. The molecule has 0 saturated heterocycles. The molecule has 4 aromatic rings. The van der Waals surface area contributed by atoms with Gasteiger partial charge in [0.15, 0.2) is 0 Å². The van der Waals surface area contributed by atoms with Crippen LogP contribution in [0.4, 0.5) is 5.69 Å². The quantitative estimate of drug-likeness (QED) is 0.608. The van der Waals surface area contributed by atoms with E-state index in [-0.39, 0.29) is 11.3 Å². The Morgan fingerprint density at radius 3 is 2.79 bits per heavy atom. The van der Waals surface area contributed by atoms with E-state index in [0.29, 0.717) is 15.9 Å². The first-order valence-corrected chi connectivity index (χ1v) is 8.13. The number of hydrogen-bond acceptors (Lipinski definition) is 6. The number of phenolic OH excluding ortho intramolecular Hbond substituents is 1. The Morgan fingerprint density at radius 2 is 2.04 bits per heavy atom. The monoisotopic (exact) mass is 338 g/mol. The van der Waals surface area contributed by atoms with Crippen LogP contribution in [0.3, 0.4) is 0 Å². The molecule has 0 bridgehead atoms. The largest absolute Gasteiger partial charge is 0.508 e. The number of thiophene rings is 1. The molecular formula is C17H14N4O2S. The number of anilines is 1. The van der Waals surface area contributed by atoms with E-state index in [1.54, 1.807) is 24.4 Å². The minimum Gasteiger partial charge on any atom is -0.508 e. The molecule has 0 radical (unpaired) electrons. The lowest BCUT2D eigenvalue weighted by Gasteiger charge is -2.13. The Bertz CT molecular complexity index is 1130. The van der Waals surface area contributed by atoms with Crippen molar-refractivity contribution < 1.29 is 5.11 Å². The van der Waals surface area contributed by atoms with Crippen molar-refractivity contribution in [1.29, 1.82) is 0 Å². The molecule has 0 atom stereocenters. The Morgan fingerprint density at radius 1 is 1.21 bits per heavy atom. The number of hydrogen-bond donors (Lipinski definition) is 1. The van der Waals surface area contributed by atoms with Crippen LogP contribution < -0.4 is 10.5 Å². The summed E-state index contributed by atoms with van der Waals surface area (Å²) in [6.07, 6.45) is 3.23. The third-order valence-electron chi connectivity index (χ3n) is 3.85. The van der Waals surface area contributed by atoms with Crippen LogP contribution in [0, 0.1) is 0 Å². The minimum atomic E-state index is -0.168. The van der Waals surface area contributed by atoms with Crippen LogP contribution in [-0.4, -0.2) is 33.7 Å². The van der Waals surface area contributed by atoms with Crippen molar-refractivity contribution in [2.45, 2.75) is 0 Å². The first-order chi connectivity index (χ1) is 11.6. The van der Waals surface area contributed by atoms with Gasteiger partial charge in [-0.3, -0.25) is 9.36 Å². The number of aromatic hydroxyl groups is 1. The van der Waals surface area contributed by atoms with Crippen molar-refractivity contribution in [2.24, 2.45) is 0 Å². The number of nitrogens with zero attached hydrogens (tertiary/aromatic N) is 4. The average Bonchev–Trinajstić information content (AvgIpc) is 2.94. The van der Waals surface area contributed by atoms with E-state index < -0.39 is 0 Å². The highest BCUT2D eigenvalue weighted by Crippen LogP contribution is 2.35. The predicted octanol–water partition coefficient (Wildman–Crippen LogP) is 2.77. The third-order valence-corrected chi connectivity index (χ3v) is 4.92. The Kier molecular flexibility index (Phi) is 3.24. The molecule has 1 aromatic carbocycles. The number of phenols is 1. The predicted molar refractivity (Wildman–Crippen MR) is 96.5 cm³/mol. The topological polar surface area (TPSA) is 71.2 Å². The molecule has 3 aromatic heterocycles. The molecule has 4 rings (SSSR count). The molecule has 6 nitrogen and oxygen atoms in total. The van der Waals surface area contributed by atoms with Gasteiger partial charge in [0.05, 0.1) is 22.3 Å². The molecular weight excluding hydrogens is 324 g/mol. The van der Waals surface area contributed by atoms with Gasteiger partial charge in [-0.25, -0.2) is 9.97 Å². The van der Waals surface area contributed by atoms with E-state index in [0.717, 1.165) is 15.9 Å². The second kappa shape index (κ2) is 5.31. The average molecular weight is 338 g/mol. The molecule has 120 valence electrons. The summed E-state index contributed by atoms with van der Waals surface area (Å²) in [6.45, 7) is 0. The molecule has 24 heavy (non-hydrogen) atoms. The highest BCUT2D eigenvalue weighted by atomic mass is 32.1. The Labute approximate surface area is 141 Å². The maximum Gasteiger partial charge on any atom is 0.275 e. The van der Waals surface area contributed by atoms with Crippen molar-refractivity contribution in [2.75, 3.05) is 19.0 Å². The van der Waals surface area contributed by atoms with E-state index in [9.17, 15) is 9.90 Å². The first-order valence-electron chi connectivity index (χ1n) is 7.32. The minimum absolute atomic E-state index is 0.104. The second-order valence-electron chi connectivity index (χ2n) is 5.62. The summed E-state index contributed by atoms with van der Waals surface area (Å²) in [4.78, 5) is 24.6. The molecule has 0 spiro atoms. The van der Waals surface area contributed by atoms with Gasteiger partial charge in [-0.05, 0) is 18.2 Å². The van der Waals surface area contributed by atoms with E-state index in [1.807, 2.05) is 25.1 Å². The van der Waals surface area contributed by atoms with Gasteiger partial charge in [0.1, 0.15) is 21.6 Å². The van der Waals surface area contributed by atoms with Crippen LogP contribution in [-0.2, 0) is 0 Å². The normalized spacial score (nSPS) is 11.2. The molecule has 1 N–H and O–H groups in total. The molecule has 3 heterocycles. The van der Waals surface area contributed by atoms with Crippen LogP contribution in [0.15, 0.2) is 47.7 Å². The first kappa shape index (κ1) is 14.6. The maximum absolute atomic E-state index is 12.9. The fourth-order valence-corrected chi connectivity index (χ4v) is 3.78. The van der Waals surface area contributed by atoms with Gasteiger partial charge in [-0.15, -0.1) is 11.3 Å². The molecule has 0 fully saturated rings. The van der Waals surface area contributed by atoms with Crippen LogP contribution in [0.2, 0.25) is 0 Å². The standard InChI is InChI=1S/C17H14N4O2S/c1-20(2)12-6-7-18-16-13(12)14-15(24-16)17(23)21(9-19-14)10-4-3-5-11(22)8-10/h3-9,22H,1-2H3. The molecule has 0 aliphatic carbocycles. The fourth-order valence-electron chi connectivity index (χ4n) is 2.74. The molecule has 0 saturated carbocycles. The van der Waals surface area contributed by atoms with Gasteiger partial charge < -0.3 is 10.0 Å². The highest BCUT2D eigenvalue weighted by molar-refractivity contribution is 7.25. The number of fused-ring (bicyclic) bond motifs is 3. The summed E-state index contributed by atoms with van der Waals surface area (Å²) >= 11 is 1.34. The summed E-state index contributed by atoms with van der Waals surface area (Å²) in [5.41, 5.74) is 2.05. The van der Waals surface area contributed by atoms with Crippen LogP contribution in [0.1, 0.15) is 0 Å². The van der Waals surface area contributed by atoms with Gasteiger partial charge in [-0.2, -0.15) is 0 Å². The zero-order valence-electron chi connectivity index (χ0n) is 13.1. The molecule has 0 aliphatic heterocycles. The van der Waals surface area contributed by atoms with E-state index in [2.05, 4.69) is 9.97 Å². The zero-order valence-corrected chi connectivity index (χ0v) is 13.9. The summed E-state index contributed by atoms with van der Waals surface area (Å²) < 4.78 is 1.99.